The van der Waals surface area contributed by atoms with Crippen molar-refractivity contribution >= 4 is 22.8 Å². The number of hydrogen-bond donors (Lipinski definition) is 3. The van der Waals surface area contributed by atoms with Crippen LogP contribution in [0.1, 0.15) is 48.8 Å². The third-order valence-electron chi connectivity index (χ3n) is 5.42. The Balaban J connectivity index is 1.42. The number of carbonyl (C=O) groups is 1. The van der Waals surface area contributed by atoms with Crippen molar-refractivity contribution in [2.45, 2.75) is 38.2 Å². The predicted octanol–water partition coefficient (Wildman–Crippen LogP) is 2.84. The summed E-state index contributed by atoms with van der Waals surface area (Å²) in [6, 6.07) is 11.2. The molecule has 0 aliphatic carbocycles. The minimum atomic E-state index is -0.978. The first-order valence-corrected chi connectivity index (χ1v) is 10.1. The quantitative estimate of drug-likeness (QED) is 0.620. The molecule has 1 saturated heterocycles. The minimum absolute atomic E-state index is 0.198. The van der Waals surface area contributed by atoms with E-state index in [0.717, 1.165) is 35.6 Å². The van der Waals surface area contributed by atoms with Gasteiger partial charge in [0.25, 0.3) is 5.91 Å². The van der Waals surface area contributed by atoms with Crippen LogP contribution in [-0.4, -0.2) is 51.2 Å². The first-order chi connectivity index (χ1) is 13.9. The number of H-pyrrole nitrogens is 1. The van der Waals surface area contributed by atoms with E-state index < -0.39 is 5.60 Å². The average Bonchev–Trinajstić information content (AvgIpc) is 3.16. The second-order valence-corrected chi connectivity index (χ2v) is 8.13. The van der Waals surface area contributed by atoms with Gasteiger partial charge in [-0.1, -0.05) is 19.9 Å². The zero-order valence-corrected chi connectivity index (χ0v) is 16.9. The lowest BCUT2D eigenvalue weighted by Gasteiger charge is -2.39. The highest BCUT2D eigenvalue weighted by atomic mass is 16.3. The molecule has 1 fully saturated rings. The van der Waals surface area contributed by atoms with Crippen LogP contribution < -0.4 is 10.2 Å². The number of nitrogens with one attached hydrogen (secondary N) is 2. The Bertz CT molecular complexity index is 1000. The van der Waals surface area contributed by atoms with Crippen LogP contribution in [0.5, 0.6) is 0 Å². The topological polar surface area (TPSA) is 94.1 Å². The van der Waals surface area contributed by atoms with Crippen LogP contribution in [0.4, 0.5) is 5.82 Å². The van der Waals surface area contributed by atoms with Gasteiger partial charge in [-0.25, -0.2) is 9.97 Å². The molecule has 0 bridgehead atoms. The lowest BCUT2D eigenvalue weighted by molar-refractivity contribution is 0.0254. The number of carbonyl (C=O) groups excluding carboxylic acids is 1. The van der Waals surface area contributed by atoms with Crippen LogP contribution in [0.25, 0.3) is 11.0 Å². The molecule has 0 spiro atoms. The summed E-state index contributed by atoms with van der Waals surface area (Å²) in [6.07, 6.45) is 3.25. The number of rotatable bonds is 5. The number of pyridine rings is 1. The fourth-order valence-corrected chi connectivity index (χ4v) is 3.78. The van der Waals surface area contributed by atoms with Gasteiger partial charge in [0, 0.05) is 37.3 Å². The maximum Gasteiger partial charge on any atom is 0.251 e. The van der Waals surface area contributed by atoms with Crippen molar-refractivity contribution in [3.8, 4) is 0 Å². The van der Waals surface area contributed by atoms with Crippen molar-refractivity contribution in [1.29, 1.82) is 0 Å². The summed E-state index contributed by atoms with van der Waals surface area (Å²) in [5.41, 5.74) is 1.27. The standard InChI is InChI=1S/C22H27N5O2/c1-15(2)20-25-17-8-7-16(12-18(17)26-20)21(28)24-13-22(29)9-5-11-27(14-22)19-6-3-4-10-23-19/h3-4,6-8,10,12,15,29H,5,9,11,13-14H2,1-2H3,(H,24,28)(H,25,26). The fraction of sp³-hybridized carbons (Fsp3) is 0.409. The van der Waals surface area contributed by atoms with E-state index in [-0.39, 0.29) is 12.5 Å². The van der Waals surface area contributed by atoms with E-state index in [4.69, 9.17) is 0 Å². The largest absolute Gasteiger partial charge is 0.386 e. The van der Waals surface area contributed by atoms with Gasteiger partial charge in [-0.3, -0.25) is 4.79 Å². The fourth-order valence-electron chi connectivity index (χ4n) is 3.78. The molecule has 0 radical (unpaired) electrons. The average molecular weight is 393 g/mol. The molecule has 7 heteroatoms. The van der Waals surface area contributed by atoms with Crippen molar-refractivity contribution in [3.05, 3.63) is 54.0 Å². The number of aromatic amines is 1. The number of amides is 1. The van der Waals surface area contributed by atoms with Crippen molar-refractivity contribution in [2.24, 2.45) is 0 Å². The van der Waals surface area contributed by atoms with Gasteiger partial charge in [-0.2, -0.15) is 0 Å². The monoisotopic (exact) mass is 393 g/mol. The summed E-state index contributed by atoms with van der Waals surface area (Å²) in [5.74, 6) is 1.85. The number of nitrogens with zero attached hydrogens (tertiary/aromatic N) is 3. The van der Waals surface area contributed by atoms with Crippen LogP contribution in [0.15, 0.2) is 42.6 Å². The number of β-amino-alcohol motifs (C(OH)–C–C–N with tert-alkyl or cyclic N) is 1. The second kappa shape index (κ2) is 7.83. The Hall–Kier alpha value is -2.93. The summed E-state index contributed by atoms with van der Waals surface area (Å²) < 4.78 is 0. The van der Waals surface area contributed by atoms with Gasteiger partial charge in [0.1, 0.15) is 11.6 Å². The maximum absolute atomic E-state index is 12.7. The Labute approximate surface area is 170 Å². The van der Waals surface area contributed by atoms with Crippen molar-refractivity contribution in [3.63, 3.8) is 0 Å². The smallest absolute Gasteiger partial charge is 0.251 e. The number of piperidine rings is 1. The number of aromatic nitrogens is 3. The molecule has 1 atom stereocenters. The highest BCUT2D eigenvalue weighted by Gasteiger charge is 2.34. The van der Waals surface area contributed by atoms with Crippen molar-refractivity contribution < 1.29 is 9.90 Å². The highest BCUT2D eigenvalue weighted by molar-refractivity contribution is 5.97. The third-order valence-corrected chi connectivity index (χ3v) is 5.42. The van der Waals surface area contributed by atoms with Gasteiger partial charge in [0.15, 0.2) is 0 Å². The van der Waals surface area contributed by atoms with E-state index >= 15 is 0 Å². The molecule has 152 valence electrons. The summed E-state index contributed by atoms with van der Waals surface area (Å²) in [4.78, 5) is 26.9. The molecule has 1 unspecified atom stereocenters. The van der Waals surface area contributed by atoms with Crippen LogP contribution in [0.3, 0.4) is 0 Å². The normalized spacial score (nSPS) is 19.7. The van der Waals surface area contributed by atoms with E-state index in [2.05, 4.69) is 39.0 Å². The van der Waals surface area contributed by atoms with Crippen molar-refractivity contribution in [2.75, 3.05) is 24.5 Å². The summed E-state index contributed by atoms with van der Waals surface area (Å²) in [6.45, 7) is 5.64. The van der Waals surface area contributed by atoms with Crippen LogP contribution >= 0.6 is 0 Å². The first kappa shape index (κ1) is 19.4. The van der Waals surface area contributed by atoms with Gasteiger partial charge >= 0.3 is 0 Å². The molecule has 1 amide bonds. The second-order valence-electron chi connectivity index (χ2n) is 8.13. The zero-order valence-electron chi connectivity index (χ0n) is 16.9. The number of aliphatic hydroxyl groups is 1. The van der Waals surface area contributed by atoms with Gasteiger partial charge in [-0.15, -0.1) is 0 Å². The molecule has 7 nitrogen and oxygen atoms in total. The SMILES string of the molecule is CC(C)c1nc2ccc(C(=O)NCC3(O)CCCN(c4ccccn4)C3)cc2[nH]1. The molecule has 1 aliphatic rings. The van der Waals surface area contributed by atoms with E-state index in [0.29, 0.717) is 24.4 Å². The Morgan fingerprint density at radius 1 is 1.34 bits per heavy atom. The Kier molecular flexibility index (Phi) is 5.24. The van der Waals surface area contributed by atoms with E-state index in [1.807, 2.05) is 30.3 Å². The number of anilines is 1. The number of imidazole rings is 1. The van der Waals surface area contributed by atoms with E-state index in [1.54, 1.807) is 12.3 Å². The van der Waals surface area contributed by atoms with Crippen LogP contribution in [0.2, 0.25) is 0 Å². The van der Waals surface area contributed by atoms with E-state index in [9.17, 15) is 9.90 Å². The lowest BCUT2D eigenvalue weighted by atomic mass is 9.92. The Morgan fingerprint density at radius 3 is 2.97 bits per heavy atom. The maximum atomic E-state index is 12.7. The third kappa shape index (κ3) is 4.24. The molecule has 29 heavy (non-hydrogen) atoms. The molecule has 3 aromatic rings. The Morgan fingerprint density at radius 2 is 2.21 bits per heavy atom. The predicted molar refractivity (Wildman–Crippen MR) is 113 cm³/mol. The molecule has 4 rings (SSSR count). The molecular weight excluding hydrogens is 366 g/mol. The molecule has 0 saturated carbocycles. The lowest BCUT2D eigenvalue weighted by Crippen LogP contribution is -2.54. The summed E-state index contributed by atoms with van der Waals surface area (Å²) in [7, 11) is 0. The molecule has 3 N–H and O–H groups in total. The van der Waals surface area contributed by atoms with Gasteiger partial charge < -0.3 is 20.3 Å². The molecule has 1 aliphatic heterocycles. The van der Waals surface area contributed by atoms with E-state index in [1.165, 1.54) is 0 Å². The molecule has 2 aromatic heterocycles. The highest BCUT2D eigenvalue weighted by Crippen LogP contribution is 2.24. The summed E-state index contributed by atoms with van der Waals surface area (Å²) in [5, 5.41) is 13.9. The number of benzene rings is 1. The molecule has 1 aromatic carbocycles. The molecular formula is C22H27N5O2. The van der Waals surface area contributed by atoms with Crippen LogP contribution in [0, 0.1) is 0 Å². The zero-order chi connectivity index (χ0) is 20.4. The number of fused-ring (bicyclic) bond motifs is 1. The number of hydrogen-bond acceptors (Lipinski definition) is 5. The first-order valence-electron chi connectivity index (χ1n) is 10.1. The van der Waals surface area contributed by atoms with Gasteiger partial charge in [0.2, 0.25) is 0 Å². The van der Waals surface area contributed by atoms with Gasteiger partial charge in [-0.05, 0) is 43.2 Å². The van der Waals surface area contributed by atoms with Crippen molar-refractivity contribution in [1.82, 2.24) is 20.3 Å². The van der Waals surface area contributed by atoms with Crippen LogP contribution in [-0.2, 0) is 0 Å². The van der Waals surface area contributed by atoms with Gasteiger partial charge in [0.05, 0.1) is 16.6 Å². The minimum Gasteiger partial charge on any atom is -0.386 e. The molecule has 3 heterocycles. The summed E-state index contributed by atoms with van der Waals surface area (Å²) >= 11 is 0.